The zero-order chi connectivity index (χ0) is 15.1. The number of anilines is 1. The van der Waals surface area contributed by atoms with Crippen LogP contribution in [-0.2, 0) is 4.79 Å². The van der Waals surface area contributed by atoms with E-state index in [2.05, 4.69) is 20.8 Å². The summed E-state index contributed by atoms with van der Waals surface area (Å²) in [6.45, 7) is 1.45. The zero-order valence-corrected chi connectivity index (χ0v) is 12.0. The van der Waals surface area contributed by atoms with Crippen LogP contribution in [0.2, 0.25) is 0 Å². The number of amides is 1. The predicted octanol–water partition coefficient (Wildman–Crippen LogP) is 1.79. The van der Waals surface area contributed by atoms with Crippen LogP contribution in [0.4, 0.5) is 5.69 Å². The Morgan fingerprint density at radius 3 is 3.19 bits per heavy atom. The summed E-state index contributed by atoms with van der Waals surface area (Å²) in [4.78, 5) is 11.1. The van der Waals surface area contributed by atoms with Crippen LogP contribution in [0.15, 0.2) is 41.6 Å². The molecule has 1 N–H and O–H groups in total. The lowest BCUT2D eigenvalue weighted by molar-refractivity contribution is -0.114. The van der Waals surface area contributed by atoms with Crippen molar-refractivity contribution in [2.24, 2.45) is 0 Å². The average Bonchev–Trinajstić information content (AvgIpc) is 2.91. The van der Waals surface area contributed by atoms with Gasteiger partial charge in [0.25, 0.3) is 0 Å². The monoisotopic (exact) mass is 300 g/mol. The highest BCUT2D eigenvalue weighted by Crippen LogP contribution is 2.20. The van der Waals surface area contributed by atoms with Crippen LogP contribution >= 0.6 is 11.8 Å². The molecule has 0 spiro atoms. The van der Waals surface area contributed by atoms with E-state index in [9.17, 15) is 4.79 Å². The van der Waals surface area contributed by atoms with Gasteiger partial charge in [0, 0.05) is 24.4 Å². The Kier molecular flexibility index (Phi) is 5.06. The third-order valence-corrected chi connectivity index (χ3v) is 3.22. The lowest BCUT2D eigenvalue weighted by atomic mass is 10.3. The molecule has 2 aromatic rings. The molecule has 0 saturated heterocycles. The topological polar surface area (TPSA) is 96.5 Å². The Morgan fingerprint density at radius 2 is 2.43 bits per heavy atom. The second-order valence-corrected chi connectivity index (χ2v) is 4.93. The van der Waals surface area contributed by atoms with Crippen LogP contribution in [0.3, 0.4) is 0 Å². The predicted molar refractivity (Wildman–Crippen MR) is 78.9 cm³/mol. The number of allylic oxidation sites excluding steroid dienone is 1. The summed E-state index contributed by atoms with van der Waals surface area (Å²) in [5, 5.41) is 23.3. The molecule has 7 nitrogen and oxygen atoms in total. The van der Waals surface area contributed by atoms with Gasteiger partial charge in [0.05, 0.1) is 11.8 Å². The molecule has 106 valence electrons. The Bertz CT molecular complexity index is 703. The lowest BCUT2D eigenvalue weighted by Gasteiger charge is -2.06. The molecule has 0 aliphatic rings. The van der Waals surface area contributed by atoms with E-state index < -0.39 is 0 Å². The second kappa shape index (κ2) is 7.21. The molecule has 0 aliphatic heterocycles. The van der Waals surface area contributed by atoms with Crippen molar-refractivity contribution in [3.8, 4) is 11.8 Å². The SMILES string of the molecule is CC(=O)Nc1cccc(-n2nnnc2SCC=CC#N)c1. The highest BCUT2D eigenvalue weighted by molar-refractivity contribution is 7.99. The van der Waals surface area contributed by atoms with E-state index >= 15 is 0 Å². The van der Waals surface area contributed by atoms with Crippen molar-refractivity contribution < 1.29 is 4.79 Å². The van der Waals surface area contributed by atoms with Gasteiger partial charge in [-0.15, -0.1) is 5.10 Å². The average molecular weight is 300 g/mol. The maximum Gasteiger partial charge on any atom is 0.221 e. The van der Waals surface area contributed by atoms with Crippen molar-refractivity contribution in [3.05, 3.63) is 36.4 Å². The Balaban J connectivity index is 2.19. The third-order valence-electron chi connectivity index (χ3n) is 2.35. The standard InChI is InChI=1S/C13H12N6OS/c1-10(20)15-11-5-4-6-12(9-11)19-13(16-17-18-19)21-8-3-2-7-14/h2-6,9H,8H2,1H3,(H,15,20). The highest BCUT2D eigenvalue weighted by atomic mass is 32.2. The number of nitrogens with one attached hydrogen (secondary N) is 1. The maximum absolute atomic E-state index is 11.1. The minimum atomic E-state index is -0.139. The molecule has 1 amide bonds. The van der Waals surface area contributed by atoms with E-state index in [0.717, 1.165) is 5.69 Å². The number of carbonyl (C=O) groups excluding carboxylic acids is 1. The molecule has 8 heteroatoms. The van der Waals surface area contributed by atoms with Crippen molar-refractivity contribution in [2.75, 3.05) is 11.1 Å². The number of benzene rings is 1. The van der Waals surface area contributed by atoms with Crippen LogP contribution in [0, 0.1) is 11.3 Å². The van der Waals surface area contributed by atoms with Crippen LogP contribution in [0.25, 0.3) is 5.69 Å². The van der Waals surface area contributed by atoms with Gasteiger partial charge in [-0.25, -0.2) is 0 Å². The fourth-order valence-corrected chi connectivity index (χ4v) is 2.27. The van der Waals surface area contributed by atoms with E-state index in [1.54, 1.807) is 22.9 Å². The van der Waals surface area contributed by atoms with Gasteiger partial charge < -0.3 is 5.32 Å². The first-order valence-electron chi connectivity index (χ1n) is 6.04. The zero-order valence-electron chi connectivity index (χ0n) is 11.2. The minimum absolute atomic E-state index is 0.139. The second-order valence-electron chi connectivity index (χ2n) is 3.95. The number of hydrogen-bond acceptors (Lipinski definition) is 6. The largest absolute Gasteiger partial charge is 0.326 e. The van der Waals surface area contributed by atoms with Crippen molar-refractivity contribution in [1.82, 2.24) is 20.2 Å². The molecule has 1 aromatic carbocycles. The molecule has 0 aliphatic carbocycles. The summed E-state index contributed by atoms with van der Waals surface area (Å²) in [5.41, 5.74) is 1.42. The van der Waals surface area contributed by atoms with E-state index in [4.69, 9.17) is 5.26 Å². The van der Waals surface area contributed by atoms with Crippen LogP contribution < -0.4 is 5.32 Å². The van der Waals surface area contributed by atoms with Crippen LogP contribution in [0.1, 0.15) is 6.92 Å². The normalized spacial score (nSPS) is 10.5. The first kappa shape index (κ1) is 14.7. The number of aromatic nitrogens is 4. The molecule has 0 atom stereocenters. The van der Waals surface area contributed by atoms with Gasteiger partial charge in [-0.2, -0.15) is 9.94 Å². The summed E-state index contributed by atoms with van der Waals surface area (Å²) in [6.07, 6.45) is 3.15. The van der Waals surface area contributed by atoms with Gasteiger partial charge in [-0.3, -0.25) is 4.79 Å². The van der Waals surface area contributed by atoms with Gasteiger partial charge in [0.2, 0.25) is 11.1 Å². The summed E-state index contributed by atoms with van der Waals surface area (Å²) < 4.78 is 1.58. The van der Waals surface area contributed by atoms with Gasteiger partial charge in [0.15, 0.2) is 0 Å². The van der Waals surface area contributed by atoms with E-state index in [-0.39, 0.29) is 5.91 Å². The molecule has 0 saturated carbocycles. The fraction of sp³-hybridized carbons (Fsp3) is 0.154. The molecule has 1 aromatic heterocycles. The van der Waals surface area contributed by atoms with Gasteiger partial charge in [-0.05, 0) is 28.6 Å². The number of nitrogens with zero attached hydrogens (tertiary/aromatic N) is 5. The summed E-state index contributed by atoms with van der Waals surface area (Å²) in [6, 6.07) is 9.16. The van der Waals surface area contributed by atoms with Gasteiger partial charge in [0.1, 0.15) is 0 Å². The first-order valence-corrected chi connectivity index (χ1v) is 7.03. The maximum atomic E-state index is 11.1. The molecule has 0 radical (unpaired) electrons. The molecule has 0 bridgehead atoms. The van der Waals surface area contributed by atoms with E-state index in [1.807, 2.05) is 18.2 Å². The smallest absolute Gasteiger partial charge is 0.221 e. The van der Waals surface area contributed by atoms with E-state index in [1.165, 1.54) is 24.8 Å². The van der Waals surface area contributed by atoms with Crippen molar-refractivity contribution in [3.63, 3.8) is 0 Å². The Morgan fingerprint density at radius 1 is 1.57 bits per heavy atom. The van der Waals surface area contributed by atoms with Crippen LogP contribution in [0.5, 0.6) is 0 Å². The molecule has 21 heavy (non-hydrogen) atoms. The first-order chi connectivity index (χ1) is 10.2. The van der Waals surface area contributed by atoms with Gasteiger partial charge in [-0.1, -0.05) is 23.9 Å². The number of nitriles is 1. The molecule has 1 heterocycles. The number of rotatable bonds is 5. The summed E-state index contributed by atoms with van der Waals surface area (Å²) in [5.74, 6) is 0.458. The third kappa shape index (κ3) is 4.15. The Labute approximate surface area is 125 Å². The van der Waals surface area contributed by atoms with Crippen molar-refractivity contribution >= 4 is 23.4 Å². The van der Waals surface area contributed by atoms with E-state index in [0.29, 0.717) is 16.6 Å². The number of hydrogen-bond donors (Lipinski definition) is 1. The summed E-state index contributed by atoms with van der Waals surface area (Å²) in [7, 11) is 0. The summed E-state index contributed by atoms with van der Waals surface area (Å²) >= 11 is 1.41. The van der Waals surface area contributed by atoms with Crippen molar-refractivity contribution in [1.29, 1.82) is 5.26 Å². The fourth-order valence-electron chi connectivity index (χ4n) is 1.57. The number of carbonyl (C=O) groups is 1. The number of tetrazole rings is 1. The minimum Gasteiger partial charge on any atom is -0.326 e. The molecule has 2 rings (SSSR count). The van der Waals surface area contributed by atoms with Gasteiger partial charge >= 0.3 is 0 Å². The quantitative estimate of drug-likeness (QED) is 0.668. The molecule has 0 unspecified atom stereocenters. The highest BCUT2D eigenvalue weighted by Gasteiger charge is 2.09. The molecular formula is C13H12N6OS. The number of thioether (sulfide) groups is 1. The lowest BCUT2D eigenvalue weighted by Crippen LogP contribution is -2.07. The van der Waals surface area contributed by atoms with Crippen LogP contribution in [-0.4, -0.2) is 31.9 Å². The van der Waals surface area contributed by atoms with Crippen molar-refractivity contribution in [2.45, 2.75) is 12.1 Å². The molecule has 0 fully saturated rings. The molecular weight excluding hydrogens is 288 g/mol. The Hall–Kier alpha value is -2.66.